The topological polar surface area (TPSA) is 46.1 Å². The van der Waals surface area contributed by atoms with Crippen LogP contribution >= 0.6 is 35.3 Å². The Morgan fingerprint density at radius 1 is 1.29 bits per heavy atom. The van der Waals surface area contributed by atoms with E-state index in [4.69, 9.17) is 9.47 Å². The summed E-state index contributed by atoms with van der Waals surface area (Å²) in [5.41, 5.74) is 2.81. The standard InChI is InChI=1S/C21H27N3O2S.HI/c1-22-20(24-9-7-21(14-24)8-10-26-15-21)23-12-19-11-17(13-27-19)16-3-5-18(25-2)6-4-16;/h3-6,11,13H,7-10,12,14-15H2,1-2H3,(H,22,23);1H. The van der Waals surface area contributed by atoms with Crippen LogP contribution in [-0.2, 0) is 11.3 Å². The van der Waals surface area contributed by atoms with Crippen molar-refractivity contribution in [3.63, 3.8) is 0 Å². The van der Waals surface area contributed by atoms with Crippen LogP contribution in [0.2, 0.25) is 0 Å². The van der Waals surface area contributed by atoms with E-state index in [9.17, 15) is 0 Å². The number of ether oxygens (including phenoxy) is 2. The fourth-order valence-corrected chi connectivity index (χ4v) is 4.83. The molecule has 3 heterocycles. The van der Waals surface area contributed by atoms with Gasteiger partial charge in [0, 0.05) is 37.0 Å². The highest BCUT2D eigenvalue weighted by molar-refractivity contribution is 14.0. The lowest BCUT2D eigenvalue weighted by molar-refractivity contribution is 0.156. The maximum atomic E-state index is 5.64. The number of aliphatic imine (C=N–C) groups is 1. The van der Waals surface area contributed by atoms with E-state index in [1.165, 1.54) is 28.8 Å². The zero-order valence-electron chi connectivity index (χ0n) is 16.4. The van der Waals surface area contributed by atoms with Gasteiger partial charge in [0.15, 0.2) is 5.96 Å². The van der Waals surface area contributed by atoms with Crippen molar-refractivity contribution in [3.8, 4) is 16.9 Å². The maximum absolute atomic E-state index is 5.64. The van der Waals surface area contributed by atoms with Gasteiger partial charge >= 0.3 is 0 Å². The van der Waals surface area contributed by atoms with Gasteiger partial charge in [-0.2, -0.15) is 0 Å². The summed E-state index contributed by atoms with van der Waals surface area (Å²) in [6.45, 7) is 4.71. The molecule has 2 fully saturated rings. The van der Waals surface area contributed by atoms with Crippen LogP contribution < -0.4 is 10.1 Å². The minimum Gasteiger partial charge on any atom is -0.497 e. The Bertz CT molecular complexity index is 800. The molecular weight excluding hydrogens is 485 g/mol. The van der Waals surface area contributed by atoms with E-state index >= 15 is 0 Å². The predicted octanol–water partition coefficient (Wildman–Crippen LogP) is 4.23. The fraction of sp³-hybridized carbons (Fsp3) is 0.476. The molecule has 2 aliphatic rings. The van der Waals surface area contributed by atoms with Gasteiger partial charge in [0.25, 0.3) is 0 Å². The first kappa shape index (κ1) is 21.4. The van der Waals surface area contributed by atoms with Gasteiger partial charge in [0.05, 0.1) is 20.3 Å². The van der Waals surface area contributed by atoms with Crippen LogP contribution in [-0.4, -0.2) is 51.3 Å². The van der Waals surface area contributed by atoms with Crippen molar-refractivity contribution in [2.45, 2.75) is 19.4 Å². The third kappa shape index (κ3) is 4.63. The Balaban J connectivity index is 0.00000225. The summed E-state index contributed by atoms with van der Waals surface area (Å²) in [6, 6.07) is 10.5. The van der Waals surface area contributed by atoms with Crippen molar-refractivity contribution in [1.82, 2.24) is 10.2 Å². The molecule has 1 unspecified atom stereocenters. The van der Waals surface area contributed by atoms with Crippen molar-refractivity contribution in [2.24, 2.45) is 10.4 Å². The van der Waals surface area contributed by atoms with Crippen LogP contribution in [0.1, 0.15) is 17.7 Å². The third-order valence-corrected chi connectivity index (χ3v) is 6.57. The van der Waals surface area contributed by atoms with Gasteiger partial charge in [-0.25, -0.2) is 0 Å². The van der Waals surface area contributed by atoms with E-state index in [1.54, 1.807) is 18.4 Å². The second-order valence-corrected chi connectivity index (χ2v) is 8.40. The predicted molar refractivity (Wildman–Crippen MR) is 126 cm³/mol. The zero-order valence-corrected chi connectivity index (χ0v) is 19.6. The summed E-state index contributed by atoms with van der Waals surface area (Å²) in [7, 11) is 3.56. The number of rotatable bonds is 4. The number of guanidine groups is 1. The third-order valence-electron chi connectivity index (χ3n) is 5.63. The molecule has 0 bridgehead atoms. The molecule has 152 valence electrons. The quantitative estimate of drug-likeness (QED) is 0.378. The molecule has 2 aromatic rings. The second kappa shape index (κ2) is 9.45. The SMILES string of the molecule is CN=C(NCc1cc(-c2ccc(OC)cc2)cs1)N1CCC2(CCOC2)C1.I. The maximum Gasteiger partial charge on any atom is 0.193 e. The first-order valence-corrected chi connectivity index (χ1v) is 10.3. The minimum atomic E-state index is 0. The molecule has 0 saturated carbocycles. The smallest absolute Gasteiger partial charge is 0.193 e. The molecule has 1 atom stereocenters. The van der Waals surface area contributed by atoms with Crippen LogP contribution in [0.15, 0.2) is 40.7 Å². The highest BCUT2D eigenvalue weighted by Crippen LogP contribution is 2.38. The van der Waals surface area contributed by atoms with Gasteiger partial charge in [-0.05, 0) is 47.5 Å². The van der Waals surface area contributed by atoms with Crippen LogP contribution in [0, 0.1) is 5.41 Å². The van der Waals surface area contributed by atoms with Crippen LogP contribution in [0.3, 0.4) is 0 Å². The number of benzene rings is 1. The van der Waals surface area contributed by atoms with E-state index in [0.717, 1.165) is 44.6 Å². The van der Waals surface area contributed by atoms with Gasteiger partial charge < -0.3 is 19.7 Å². The number of thiophene rings is 1. The lowest BCUT2D eigenvalue weighted by Crippen LogP contribution is -2.41. The Kier molecular flexibility index (Phi) is 7.22. The minimum absolute atomic E-state index is 0. The Morgan fingerprint density at radius 2 is 2.11 bits per heavy atom. The van der Waals surface area contributed by atoms with Crippen LogP contribution in [0.4, 0.5) is 0 Å². The first-order valence-electron chi connectivity index (χ1n) is 9.47. The number of hydrogen-bond donors (Lipinski definition) is 1. The summed E-state index contributed by atoms with van der Waals surface area (Å²) in [6.07, 6.45) is 2.38. The average Bonchev–Trinajstić information content (AvgIpc) is 3.45. The van der Waals surface area contributed by atoms with Gasteiger partial charge in [0.1, 0.15) is 5.75 Å². The first-order chi connectivity index (χ1) is 13.2. The number of hydrogen-bond acceptors (Lipinski definition) is 4. The van der Waals surface area contributed by atoms with Crippen molar-refractivity contribution >= 4 is 41.3 Å². The normalized spacial score (nSPS) is 21.8. The van der Waals surface area contributed by atoms with Gasteiger partial charge in [0.2, 0.25) is 0 Å². The van der Waals surface area contributed by atoms with E-state index in [-0.39, 0.29) is 24.0 Å². The number of likely N-dealkylation sites (tertiary alicyclic amines) is 1. The lowest BCUT2D eigenvalue weighted by atomic mass is 9.87. The van der Waals surface area contributed by atoms with Crippen molar-refractivity contribution < 1.29 is 9.47 Å². The molecule has 2 aliphatic heterocycles. The average molecular weight is 513 g/mol. The molecule has 7 heteroatoms. The molecule has 1 spiro atoms. The van der Waals surface area contributed by atoms with E-state index in [1.807, 2.05) is 19.2 Å². The van der Waals surface area contributed by atoms with Crippen molar-refractivity contribution in [2.75, 3.05) is 40.5 Å². The molecule has 28 heavy (non-hydrogen) atoms. The molecule has 0 amide bonds. The number of nitrogens with zero attached hydrogens (tertiary/aromatic N) is 2. The lowest BCUT2D eigenvalue weighted by Gasteiger charge is -2.24. The highest BCUT2D eigenvalue weighted by atomic mass is 127. The Morgan fingerprint density at radius 3 is 2.79 bits per heavy atom. The summed E-state index contributed by atoms with van der Waals surface area (Å²) >= 11 is 1.78. The van der Waals surface area contributed by atoms with Crippen LogP contribution in [0.25, 0.3) is 11.1 Å². The van der Waals surface area contributed by atoms with E-state index < -0.39 is 0 Å². The van der Waals surface area contributed by atoms with E-state index in [0.29, 0.717) is 5.41 Å². The molecule has 1 aromatic heterocycles. The fourth-order valence-electron chi connectivity index (χ4n) is 3.99. The highest BCUT2D eigenvalue weighted by Gasteiger charge is 2.42. The molecular formula is C21H28IN3O2S. The molecule has 1 N–H and O–H groups in total. The number of halogens is 1. The van der Waals surface area contributed by atoms with E-state index in [2.05, 4.69) is 38.8 Å². The second-order valence-electron chi connectivity index (χ2n) is 7.41. The zero-order chi connectivity index (χ0) is 18.7. The van der Waals surface area contributed by atoms with Gasteiger partial charge in [-0.1, -0.05) is 12.1 Å². The number of nitrogens with one attached hydrogen (secondary N) is 1. The summed E-state index contributed by atoms with van der Waals surface area (Å²) in [5, 5.41) is 5.75. The molecule has 1 aromatic carbocycles. The monoisotopic (exact) mass is 513 g/mol. The van der Waals surface area contributed by atoms with Crippen molar-refractivity contribution in [3.05, 3.63) is 40.6 Å². The van der Waals surface area contributed by atoms with Crippen LogP contribution in [0.5, 0.6) is 5.75 Å². The molecule has 4 rings (SSSR count). The van der Waals surface area contributed by atoms with Crippen molar-refractivity contribution in [1.29, 1.82) is 0 Å². The summed E-state index contributed by atoms with van der Waals surface area (Å²) < 4.78 is 10.9. The summed E-state index contributed by atoms with van der Waals surface area (Å²) in [5.74, 6) is 1.88. The Hall–Kier alpha value is -1.32. The molecule has 0 aliphatic carbocycles. The molecule has 2 saturated heterocycles. The summed E-state index contributed by atoms with van der Waals surface area (Å²) in [4.78, 5) is 8.19. The molecule has 5 nitrogen and oxygen atoms in total. The largest absolute Gasteiger partial charge is 0.497 e. The van der Waals surface area contributed by atoms with Gasteiger partial charge in [-0.15, -0.1) is 35.3 Å². The Labute approximate surface area is 188 Å². The number of methoxy groups -OCH3 is 1. The molecule has 0 radical (unpaired) electrons. The van der Waals surface area contributed by atoms with Gasteiger partial charge in [-0.3, -0.25) is 4.99 Å².